The van der Waals surface area contributed by atoms with E-state index in [-0.39, 0.29) is 5.92 Å². The van der Waals surface area contributed by atoms with Gasteiger partial charge in [0.25, 0.3) is 0 Å². The van der Waals surface area contributed by atoms with Gasteiger partial charge in [-0.3, -0.25) is 5.10 Å². The van der Waals surface area contributed by atoms with Crippen molar-refractivity contribution in [2.75, 3.05) is 19.3 Å². The van der Waals surface area contributed by atoms with Gasteiger partial charge in [-0.1, -0.05) is 0 Å². The molecule has 1 aliphatic heterocycles. The van der Waals surface area contributed by atoms with Crippen LogP contribution in [0.3, 0.4) is 0 Å². The number of aromatic amines is 1. The minimum Gasteiger partial charge on any atom is -0.276 e. The maximum atomic E-state index is 11.6. The first-order valence-corrected chi connectivity index (χ1v) is 8.59. The van der Waals surface area contributed by atoms with Gasteiger partial charge in [-0.15, -0.1) is 0 Å². The van der Waals surface area contributed by atoms with Crippen LogP contribution in [0.25, 0.3) is 11.4 Å². The van der Waals surface area contributed by atoms with E-state index >= 15 is 0 Å². The molecule has 1 fully saturated rings. The quantitative estimate of drug-likeness (QED) is 0.910. The second-order valence-corrected chi connectivity index (χ2v) is 7.31. The summed E-state index contributed by atoms with van der Waals surface area (Å²) < 4.78 is 24.7. The minimum atomic E-state index is -3.15. The SMILES string of the molecule is Cc1cc(-c2ccn[nH]2)nc([C@H]2CCN(S(C)(=O)=O)C2)n1. The molecule has 1 saturated heterocycles. The molecule has 21 heavy (non-hydrogen) atoms. The van der Waals surface area contributed by atoms with Crippen molar-refractivity contribution in [3.63, 3.8) is 0 Å². The first kappa shape index (κ1) is 14.2. The summed E-state index contributed by atoms with van der Waals surface area (Å²) in [4.78, 5) is 9.05. The van der Waals surface area contributed by atoms with E-state index in [1.807, 2.05) is 19.1 Å². The third-order valence-electron chi connectivity index (χ3n) is 3.63. The van der Waals surface area contributed by atoms with Crippen molar-refractivity contribution < 1.29 is 8.42 Å². The summed E-state index contributed by atoms with van der Waals surface area (Å²) in [7, 11) is -3.15. The van der Waals surface area contributed by atoms with Gasteiger partial charge < -0.3 is 0 Å². The molecular formula is C13H17N5O2S. The Labute approximate surface area is 123 Å². The Morgan fingerprint density at radius 2 is 2.19 bits per heavy atom. The van der Waals surface area contributed by atoms with Gasteiger partial charge in [0.1, 0.15) is 5.82 Å². The van der Waals surface area contributed by atoms with Crippen LogP contribution in [0.4, 0.5) is 0 Å². The van der Waals surface area contributed by atoms with E-state index in [4.69, 9.17) is 0 Å². The first-order chi connectivity index (χ1) is 9.93. The molecular weight excluding hydrogens is 290 g/mol. The Balaban J connectivity index is 1.90. The van der Waals surface area contributed by atoms with Crippen molar-refractivity contribution in [2.24, 2.45) is 0 Å². The number of nitrogens with one attached hydrogen (secondary N) is 1. The number of aromatic nitrogens is 4. The number of H-pyrrole nitrogens is 1. The summed E-state index contributed by atoms with van der Waals surface area (Å²) in [6.07, 6.45) is 3.66. The fourth-order valence-electron chi connectivity index (χ4n) is 2.55. The molecule has 1 N–H and O–H groups in total. The van der Waals surface area contributed by atoms with E-state index in [0.717, 1.165) is 23.5 Å². The Kier molecular flexibility index (Phi) is 3.50. The highest BCUT2D eigenvalue weighted by Gasteiger charge is 2.31. The molecule has 0 radical (unpaired) electrons. The maximum Gasteiger partial charge on any atom is 0.211 e. The molecule has 112 valence electrons. The van der Waals surface area contributed by atoms with Gasteiger partial charge in [-0.25, -0.2) is 22.7 Å². The highest BCUT2D eigenvalue weighted by atomic mass is 32.2. The molecule has 0 aromatic carbocycles. The molecule has 0 spiro atoms. The highest BCUT2D eigenvalue weighted by molar-refractivity contribution is 7.88. The zero-order valence-corrected chi connectivity index (χ0v) is 12.8. The van der Waals surface area contributed by atoms with Crippen LogP contribution in [-0.4, -0.2) is 52.2 Å². The van der Waals surface area contributed by atoms with E-state index in [0.29, 0.717) is 18.9 Å². The van der Waals surface area contributed by atoms with E-state index in [1.165, 1.54) is 10.6 Å². The van der Waals surface area contributed by atoms with E-state index in [9.17, 15) is 8.42 Å². The van der Waals surface area contributed by atoms with Gasteiger partial charge in [-0.05, 0) is 25.5 Å². The van der Waals surface area contributed by atoms with E-state index in [1.54, 1.807) is 6.20 Å². The second-order valence-electron chi connectivity index (χ2n) is 5.33. The Morgan fingerprint density at radius 3 is 2.81 bits per heavy atom. The van der Waals surface area contributed by atoms with E-state index in [2.05, 4.69) is 20.2 Å². The lowest BCUT2D eigenvalue weighted by molar-refractivity contribution is 0.476. The smallest absolute Gasteiger partial charge is 0.211 e. The van der Waals surface area contributed by atoms with Gasteiger partial charge in [0.15, 0.2) is 0 Å². The monoisotopic (exact) mass is 307 g/mol. The molecule has 3 rings (SSSR count). The number of hydrogen-bond donors (Lipinski definition) is 1. The number of nitrogens with zero attached hydrogens (tertiary/aromatic N) is 4. The zero-order chi connectivity index (χ0) is 15.0. The summed E-state index contributed by atoms with van der Waals surface area (Å²) in [5.74, 6) is 0.743. The fourth-order valence-corrected chi connectivity index (χ4v) is 3.44. The van der Waals surface area contributed by atoms with Gasteiger partial charge >= 0.3 is 0 Å². The average Bonchev–Trinajstić information content (AvgIpc) is 3.09. The lowest BCUT2D eigenvalue weighted by atomic mass is 10.1. The van der Waals surface area contributed by atoms with Crippen LogP contribution in [0.2, 0.25) is 0 Å². The third-order valence-corrected chi connectivity index (χ3v) is 4.90. The maximum absolute atomic E-state index is 11.6. The lowest BCUT2D eigenvalue weighted by Crippen LogP contribution is -2.27. The number of rotatable bonds is 3. The molecule has 8 heteroatoms. The molecule has 0 saturated carbocycles. The van der Waals surface area contributed by atoms with Crippen LogP contribution in [0.5, 0.6) is 0 Å². The standard InChI is InChI=1S/C13H17N5O2S/c1-9-7-12(11-3-5-14-17-11)16-13(15-9)10-4-6-18(8-10)21(2,19)20/h3,5,7,10H,4,6,8H2,1-2H3,(H,14,17)/t10-/m0/s1. The van der Waals surface area contributed by atoms with Crippen molar-refractivity contribution in [3.8, 4) is 11.4 Å². The van der Waals surface area contributed by atoms with Crippen molar-refractivity contribution in [1.82, 2.24) is 24.5 Å². The van der Waals surface area contributed by atoms with Crippen LogP contribution < -0.4 is 0 Å². The van der Waals surface area contributed by atoms with E-state index < -0.39 is 10.0 Å². The predicted molar refractivity (Wildman–Crippen MR) is 78.1 cm³/mol. The summed E-state index contributed by atoms with van der Waals surface area (Å²) in [5.41, 5.74) is 2.48. The normalized spacial score (nSPS) is 20.0. The summed E-state index contributed by atoms with van der Waals surface area (Å²) in [5, 5.41) is 6.81. The molecule has 0 aliphatic carbocycles. The van der Waals surface area contributed by atoms with Crippen molar-refractivity contribution in [3.05, 3.63) is 29.8 Å². The van der Waals surface area contributed by atoms with Crippen LogP contribution >= 0.6 is 0 Å². The largest absolute Gasteiger partial charge is 0.276 e. The molecule has 1 atom stereocenters. The number of hydrogen-bond acceptors (Lipinski definition) is 5. The molecule has 0 amide bonds. The Hall–Kier alpha value is -1.80. The van der Waals surface area contributed by atoms with Crippen molar-refractivity contribution in [1.29, 1.82) is 0 Å². The van der Waals surface area contributed by atoms with Crippen molar-refractivity contribution >= 4 is 10.0 Å². The van der Waals surface area contributed by atoms with Gasteiger partial charge in [0.05, 0.1) is 17.6 Å². The molecule has 2 aromatic rings. The van der Waals surface area contributed by atoms with Crippen LogP contribution in [0.1, 0.15) is 23.9 Å². The van der Waals surface area contributed by atoms with Gasteiger partial charge in [0, 0.05) is 30.9 Å². The van der Waals surface area contributed by atoms with Crippen molar-refractivity contribution in [2.45, 2.75) is 19.3 Å². The summed E-state index contributed by atoms with van der Waals surface area (Å²) in [6.45, 7) is 2.89. The fraction of sp³-hybridized carbons (Fsp3) is 0.462. The predicted octanol–water partition coefficient (Wildman–Crippen LogP) is 0.924. The lowest BCUT2D eigenvalue weighted by Gasteiger charge is -2.13. The minimum absolute atomic E-state index is 0.0429. The first-order valence-electron chi connectivity index (χ1n) is 6.74. The number of sulfonamides is 1. The Morgan fingerprint density at radius 1 is 1.38 bits per heavy atom. The summed E-state index contributed by atoms with van der Waals surface area (Å²) in [6, 6.07) is 3.74. The van der Waals surface area contributed by atoms with Gasteiger partial charge in [0.2, 0.25) is 10.0 Å². The summed E-state index contributed by atoms with van der Waals surface area (Å²) >= 11 is 0. The zero-order valence-electron chi connectivity index (χ0n) is 11.9. The number of aryl methyl sites for hydroxylation is 1. The second kappa shape index (κ2) is 5.19. The molecule has 2 aromatic heterocycles. The molecule has 0 unspecified atom stereocenters. The highest BCUT2D eigenvalue weighted by Crippen LogP contribution is 2.27. The molecule has 1 aliphatic rings. The Bertz CT molecular complexity index is 742. The van der Waals surface area contributed by atoms with Crippen LogP contribution in [-0.2, 0) is 10.0 Å². The molecule has 3 heterocycles. The van der Waals surface area contributed by atoms with Gasteiger partial charge in [-0.2, -0.15) is 5.10 Å². The van der Waals surface area contributed by atoms with Crippen LogP contribution in [0, 0.1) is 6.92 Å². The molecule has 0 bridgehead atoms. The third kappa shape index (κ3) is 2.96. The topological polar surface area (TPSA) is 91.8 Å². The average molecular weight is 307 g/mol. The molecule has 7 nitrogen and oxygen atoms in total. The van der Waals surface area contributed by atoms with Crippen LogP contribution in [0.15, 0.2) is 18.3 Å².